The van der Waals surface area contributed by atoms with Crippen molar-refractivity contribution in [2.45, 2.75) is 76.7 Å². The lowest BCUT2D eigenvalue weighted by molar-refractivity contribution is -0.239. The summed E-state index contributed by atoms with van der Waals surface area (Å²) >= 11 is 0. The average molecular weight is 317 g/mol. The van der Waals surface area contributed by atoms with Gasteiger partial charge in [-0.05, 0) is 27.2 Å². The standard InChI is InChI=1S/C15H27NO6/c1-5-9-8-20-14(19)16(9)12-6-10(22-15(2,3)4)13(18)11(7-17)21-12/h9-13,17-18H,5-8H2,1-4H3/t9-,10-,11-,12-,13+/m1/s1. The summed E-state index contributed by atoms with van der Waals surface area (Å²) in [6.07, 6.45) is -2.10. The number of cyclic esters (lactones) is 1. The molecule has 0 bridgehead atoms. The molecular weight excluding hydrogens is 290 g/mol. The summed E-state index contributed by atoms with van der Waals surface area (Å²) in [5.41, 5.74) is -0.441. The van der Waals surface area contributed by atoms with Gasteiger partial charge in [-0.3, -0.25) is 4.90 Å². The summed E-state index contributed by atoms with van der Waals surface area (Å²) in [5, 5.41) is 19.7. The molecule has 0 spiro atoms. The van der Waals surface area contributed by atoms with Crippen molar-refractivity contribution in [3.63, 3.8) is 0 Å². The predicted molar refractivity (Wildman–Crippen MR) is 78.3 cm³/mol. The lowest BCUT2D eigenvalue weighted by Crippen LogP contribution is -2.58. The molecule has 2 aliphatic rings. The molecule has 128 valence electrons. The van der Waals surface area contributed by atoms with Gasteiger partial charge in [0.15, 0.2) is 0 Å². The van der Waals surface area contributed by atoms with E-state index in [0.29, 0.717) is 13.0 Å². The first kappa shape index (κ1) is 17.5. The molecule has 5 atom stereocenters. The fourth-order valence-corrected chi connectivity index (χ4v) is 2.96. The summed E-state index contributed by atoms with van der Waals surface area (Å²) in [7, 11) is 0. The normalized spacial score (nSPS) is 36.5. The van der Waals surface area contributed by atoms with E-state index < -0.39 is 36.2 Å². The van der Waals surface area contributed by atoms with Gasteiger partial charge >= 0.3 is 6.09 Å². The van der Waals surface area contributed by atoms with Crippen molar-refractivity contribution in [1.29, 1.82) is 0 Å². The lowest BCUT2D eigenvalue weighted by atomic mass is 9.98. The van der Waals surface area contributed by atoms with E-state index in [4.69, 9.17) is 14.2 Å². The molecule has 2 fully saturated rings. The molecule has 0 saturated carbocycles. The molecule has 0 aromatic rings. The van der Waals surface area contributed by atoms with Crippen LogP contribution in [0, 0.1) is 0 Å². The zero-order chi connectivity index (χ0) is 16.5. The third-order valence-corrected chi connectivity index (χ3v) is 4.00. The van der Waals surface area contributed by atoms with Crippen molar-refractivity contribution >= 4 is 6.09 Å². The van der Waals surface area contributed by atoms with Gasteiger partial charge < -0.3 is 24.4 Å². The molecular formula is C15H27NO6. The van der Waals surface area contributed by atoms with Crippen LogP contribution < -0.4 is 0 Å². The first-order valence-electron chi connectivity index (χ1n) is 7.84. The smallest absolute Gasteiger partial charge is 0.412 e. The van der Waals surface area contributed by atoms with Crippen molar-refractivity contribution in [3.8, 4) is 0 Å². The molecule has 0 aromatic carbocycles. The third kappa shape index (κ3) is 3.71. The Balaban J connectivity index is 2.16. The molecule has 7 nitrogen and oxygen atoms in total. The van der Waals surface area contributed by atoms with Gasteiger partial charge in [-0.25, -0.2) is 4.79 Å². The number of carbonyl (C=O) groups excluding carboxylic acids is 1. The van der Waals surface area contributed by atoms with Crippen LogP contribution in [0.4, 0.5) is 4.79 Å². The number of nitrogens with zero attached hydrogens (tertiary/aromatic N) is 1. The van der Waals surface area contributed by atoms with E-state index >= 15 is 0 Å². The van der Waals surface area contributed by atoms with Crippen LogP contribution in [0.5, 0.6) is 0 Å². The molecule has 0 aliphatic carbocycles. The number of ether oxygens (including phenoxy) is 3. The van der Waals surface area contributed by atoms with Crippen LogP contribution in [0.3, 0.4) is 0 Å². The molecule has 2 N–H and O–H groups in total. The van der Waals surface area contributed by atoms with E-state index in [-0.39, 0.29) is 12.6 Å². The fraction of sp³-hybridized carbons (Fsp3) is 0.933. The van der Waals surface area contributed by atoms with E-state index in [1.54, 1.807) is 4.90 Å². The highest BCUT2D eigenvalue weighted by Gasteiger charge is 2.46. The SMILES string of the molecule is CC[C@@H]1COC(=O)N1[C@H]1C[C@@H](OC(C)(C)C)[C@H](O)[C@@H](CO)O1. The van der Waals surface area contributed by atoms with Crippen molar-refractivity contribution < 1.29 is 29.2 Å². The molecule has 7 heteroatoms. The second-order valence-corrected chi connectivity index (χ2v) is 6.85. The minimum atomic E-state index is -0.931. The molecule has 2 saturated heterocycles. The van der Waals surface area contributed by atoms with Crippen molar-refractivity contribution in [2.75, 3.05) is 13.2 Å². The molecule has 0 aromatic heterocycles. The number of rotatable bonds is 4. The Hall–Kier alpha value is -0.890. The van der Waals surface area contributed by atoms with Gasteiger partial charge in [0, 0.05) is 6.42 Å². The molecule has 2 heterocycles. The first-order valence-corrected chi connectivity index (χ1v) is 7.84. The predicted octanol–water partition coefficient (Wildman–Crippen LogP) is 0.869. The highest BCUT2D eigenvalue weighted by Crippen LogP contribution is 2.31. The number of hydrogen-bond acceptors (Lipinski definition) is 6. The Kier molecular flexibility index (Phi) is 5.32. The highest BCUT2D eigenvalue weighted by molar-refractivity contribution is 5.70. The minimum Gasteiger partial charge on any atom is -0.447 e. The topological polar surface area (TPSA) is 88.5 Å². The number of carbonyl (C=O) groups is 1. The Bertz CT molecular complexity index is 396. The second-order valence-electron chi connectivity index (χ2n) is 6.85. The minimum absolute atomic E-state index is 0.0534. The van der Waals surface area contributed by atoms with E-state index in [0.717, 1.165) is 6.42 Å². The van der Waals surface area contributed by atoms with Gasteiger partial charge in [0.2, 0.25) is 0 Å². The lowest BCUT2D eigenvalue weighted by Gasteiger charge is -2.44. The fourth-order valence-electron chi connectivity index (χ4n) is 2.96. The first-order chi connectivity index (χ1) is 10.3. The maximum Gasteiger partial charge on any atom is 0.412 e. The van der Waals surface area contributed by atoms with Gasteiger partial charge in [0.1, 0.15) is 25.0 Å². The van der Waals surface area contributed by atoms with E-state index in [2.05, 4.69) is 0 Å². The van der Waals surface area contributed by atoms with Crippen molar-refractivity contribution in [3.05, 3.63) is 0 Å². The van der Waals surface area contributed by atoms with Crippen LogP contribution in [-0.2, 0) is 14.2 Å². The summed E-state index contributed by atoms with van der Waals surface area (Å²) in [6, 6.07) is -0.0534. The van der Waals surface area contributed by atoms with Crippen LogP contribution in [0.1, 0.15) is 40.5 Å². The van der Waals surface area contributed by atoms with Crippen molar-refractivity contribution in [1.82, 2.24) is 4.90 Å². The molecule has 2 aliphatic heterocycles. The largest absolute Gasteiger partial charge is 0.447 e. The molecule has 0 unspecified atom stereocenters. The highest BCUT2D eigenvalue weighted by atomic mass is 16.6. The summed E-state index contributed by atoms with van der Waals surface area (Å²) in [6.45, 7) is 7.68. The number of hydrogen-bond donors (Lipinski definition) is 2. The van der Waals surface area contributed by atoms with Crippen LogP contribution in [-0.4, -0.2) is 70.6 Å². The van der Waals surface area contributed by atoms with Gasteiger partial charge in [-0.2, -0.15) is 0 Å². The third-order valence-electron chi connectivity index (χ3n) is 4.00. The van der Waals surface area contributed by atoms with E-state index in [1.807, 2.05) is 27.7 Å². The summed E-state index contributed by atoms with van der Waals surface area (Å²) in [5.74, 6) is 0. The molecule has 0 radical (unpaired) electrons. The van der Waals surface area contributed by atoms with E-state index in [9.17, 15) is 15.0 Å². The van der Waals surface area contributed by atoms with Crippen molar-refractivity contribution in [2.24, 2.45) is 0 Å². The number of aliphatic hydroxyl groups excluding tert-OH is 2. The molecule has 2 rings (SSSR count). The monoisotopic (exact) mass is 317 g/mol. The zero-order valence-electron chi connectivity index (χ0n) is 13.7. The number of aliphatic hydroxyl groups is 2. The summed E-state index contributed by atoms with van der Waals surface area (Å²) < 4.78 is 16.7. The van der Waals surface area contributed by atoms with Crippen LogP contribution in [0.2, 0.25) is 0 Å². The van der Waals surface area contributed by atoms with Gasteiger partial charge in [-0.1, -0.05) is 6.92 Å². The molecule has 22 heavy (non-hydrogen) atoms. The van der Waals surface area contributed by atoms with Crippen LogP contribution >= 0.6 is 0 Å². The van der Waals surface area contributed by atoms with Gasteiger partial charge in [0.25, 0.3) is 0 Å². The van der Waals surface area contributed by atoms with Gasteiger partial charge in [0.05, 0.1) is 24.4 Å². The van der Waals surface area contributed by atoms with Gasteiger partial charge in [-0.15, -0.1) is 0 Å². The maximum atomic E-state index is 12.0. The van der Waals surface area contributed by atoms with Crippen LogP contribution in [0.25, 0.3) is 0 Å². The maximum absolute atomic E-state index is 12.0. The molecule has 1 amide bonds. The quantitative estimate of drug-likeness (QED) is 0.800. The van der Waals surface area contributed by atoms with Crippen LogP contribution in [0.15, 0.2) is 0 Å². The second kappa shape index (κ2) is 6.70. The number of amides is 1. The average Bonchev–Trinajstić information content (AvgIpc) is 2.80. The van der Waals surface area contributed by atoms with E-state index in [1.165, 1.54) is 0 Å². The Morgan fingerprint density at radius 2 is 2.09 bits per heavy atom. The Labute approximate surface area is 131 Å². The summed E-state index contributed by atoms with van der Waals surface area (Å²) in [4.78, 5) is 13.5. The Morgan fingerprint density at radius 3 is 2.64 bits per heavy atom. The zero-order valence-corrected chi connectivity index (χ0v) is 13.7. The Morgan fingerprint density at radius 1 is 1.41 bits per heavy atom.